The Morgan fingerprint density at radius 2 is 1.53 bits per heavy atom. The number of carbonyl (C=O) groups is 1. The van der Waals surface area contributed by atoms with Gasteiger partial charge in [0, 0.05) is 24.1 Å². The number of hydrogen-bond donors (Lipinski definition) is 2. The Morgan fingerprint density at radius 3 is 2.11 bits per heavy atom. The van der Waals surface area contributed by atoms with E-state index in [9.17, 15) is 18.3 Å². The maximum atomic E-state index is 13.1. The molecule has 192 valence electrons. The largest absolute Gasteiger partial charge is 0.373 e. The van der Waals surface area contributed by atoms with Gasteiger partial charge in [-0.1, -0.05) is 66.7 Å². The summed E-state index contributed by atoms with van der Waals surface area (Å²) in [4.78, 5) is 18.1. The van der Waals surface area contributed by atoms with Crippen molar-refractivity contribution in [3.8, 4) is 0 Å². The van der Waals surface area contributed by atoms with Crippen molar-refractivity contribution < 1.29 is 18.3 Å². The fraction of sp³-hybridized carbons (Fsp3) is 0.133. The molecule has 1 amide bonds. The number of benzene rings is 4. The first-order chi connectivity index (χ1) is 18.2. The van der Waals surface area contributed by atoms with Crippen molar-refractivity contribution in [3.63, 3.8) is 0 Å². The maximum Gasteiger partial charge on any atom is 0.255 e. The molecule has 0 saturated carbocycles. The third-order valence-corrected chi connectivity index (χ3v) is 7.66. The zero-order valence-corrected chi connectivity index (χ0v) is 21.8. The smallest absolute Gasteiger partial charge is 0.255 e. The highest BCUT2D eigenvalue weighted by atomic mass is 32.2. The first kappa shape index (κ1) is 25.4. The van der Waals surface area contributed by atoms with E-state index in [1.807, 2.05) is 78.2 Å². The van der Waals surface area contributed by atoms with Gasteiger partial charge in [0.2, 0.25) is 0 Å². The van der Waals surface area contributed by atoms with Gasteiger partial charge in [0.15, 0.2) is 21.3 Å². The molecule has 4 aromatic carbocycles. The third kappa shape index (κ3) is 4.60. The van der Waals surface area contributed by atoms with E-state index in [1.54, 1.807) is 24.3 Å². The fourth-order valence-electron chi connectivity index (χ4n) is 4.66. The van der Waals surface area contributed by atoms with Gasteiger partial charge in [-0.25, -0.2) is 13.4 Å². The van der Waals surface area contributed by atoms with Gasteiger partial charge in [-0.05, 0) is 54.4 Å². The normalized spacial score (nSPS) is 12.0. The molecule has 0 fully saturated rings. The summed E-state index contributed by atoms with van der Waals surface area (Å²) in [5, 5.41) is 15.1. The van der Waals surface area contributed by atoms with Gasteiger partial charge in [0.25, 0.3) is 5.91 Å². The average molecular weight is 526 g/mol. The third-order valence-electron chi connectivity index (χ3n) is 6.55. The number of nitrogens with zero attached hydrogens (tertiary/aromatic N) is 2. The van der Waals surface area contributed by atoms with Crippen LogP contribution in [0.2, 0.25) is 0 Å². The minimum atomic E-state index is -3.41. The van der Waals surface area contributed by atoms with E-state index in [2.05, 4.69) is 5.32 Å². The summed E-state index contributed by atoms with van der Waals surface area (Å²) in [5.74, 6) is 0.0531. The predicted octanol–water partition coefficient (Wildman–Crippen LogP) is 5.00. The van der Waals surface area contributed by atoms with Crippen LogP contribution in [0.4, 0.5) is 5.69 Å². The second-order valence-electron chi connectivity index (χ2n) is 9.08. The molecule has 0 radical (unpaired) electrons. The second kappa shape index (κ2) is 9.89. The summed E-state index contributed by atoms with van der Waals surface area (Å²) in [7, 11) is -3.41. The number of aryl methyl sites for hydroxylation is 1. The van der Waals surface area contributed by atoms with E-state index in [1.165, 1.54) is 12.1 Å². The van der Waals surface area contributed by atoms with Crippen LogP contribution in [0.5, 0.6) is 0 Å². The Balaban J connectivity index is 1.59. The number of aromatic nitrogens is 2. The number of rotatable bonds is 7. The van der Waals surface area contributed by atoms with Crippen molar-refractivity contribution in [2.75, 3.05) is 11.6 Å². The molecule has 0 bridgehead atoms. The van der Waals surface area contributed by atoms with Crippen LogP contribution in [0.25, 0.3) is 11.0 Å². The van der Waals surface area contributed by atoms with Crippen LogP contribution in [0.1, 0.15) is 34.2 Å². The molecule has 7 nitrogen and oxygen atoms in total. The summed E-state index contributed by atoms with van der Waals surface area (Å²) < 4.78 is 25.7. The Hall–Kier alpha value is -4.27. The van der Waals surface area contributed by atoms with Crippen molar-refractivity contribution in [2.45, 2.75) is 24.0 Å². The lowest BCUT2D eigenvalue weighted by atomic mass is 9.85. The molecule has 8 heteroatoms. The molecule has 0 atom stereocenters. The molecule has 0 aliphatic carbocycles. The number of aliphatic hydroxyl groups is 1. The van der Waals surface area contributed by atoms with E-state index < -0.39 is 21.3 Å². The van der Waals surface area contributed by atoms with E-state index in [4.69, 9.17) is 4.98 Å². The molecule has 0 unspecified atom stereocenters. The van der Waals surface area contributed by atoms with E-state index >= 15 is 0 Å². The van der Waals surface area contributed by atoms with Gasteiger partial charge in [-0.2, -0.15) is 0 Å². The lowest BCUT2D eigenvalue weighted by molar-refractivity contribution is 0.102. The molecule has 1 aromatic heterocycles. The van der Waals surface area contributed by atoms with Crippen LogP contribution in [-0.2, 0) is 22.0 Å². The standard InChI is InChI=1S/C30H27N3O4S/c1-3-33-27-18-17-21(28(34)31-24-15-10-16-25(20-24)38(2,36)37)19-26(27)32-29(33)30(35,22-11-6-4-7-12-22)23-13-8-5-9-14-23/h4-20,35H,3H2,1-2H3,(H,31,34). The van der Waals surface area contributed by atoms with Gasteiger partial charge < -0.3 is 15.0 Å². The fourth-order valence-corrected chi connectivity index (χ4v) is 5.33. The van der Waals surface area contributed by atoms with Gasteiger partial charge in [0.05, 0.1) is 15.9 Å². The van der Waals surface area contributed by atoms with Crippen LogP contribution < -0.4 is 5.32 Å². The topological polar surface area (TPSA) is 101 Å². The molecule has 0 aliphatic heterocycles. The van der Waals surface area contributed by atoms with E-state index in [0.29, 0.717) is 40.3 Å². The van der Waals surface area contributed by atoms with Crippen molar-refractivity contribution in [3.05, 3.63) is 126 Å². The van der Waals surface area contributed by atoms with E-state index in [0.717, 1.165) is 11.8 Å². The number of anilines is 1. The predicted molar refractivity (Wildman–Crippen MR) is 148 cm³/mol. The number of hydrogen-bond acceptors (Lipinski definition) is 5. The summed E-state index contributed by atoms with van der Waals surface area (Å²) in [6.45, 7) is 2.54. The Kier molecular flexibility index (Phi) is 6.60. The lowest BCUT2D eigenvalue weighted by Crippen LogP contribution is -2.32. The molecule has 1 heterocycles. The minimum absolute atomic E-state index is 0.123. The quantitative estimate of drug-likeness (QED) is 0.312. The number of amides is 1. The number of carbonyl (C=O) groups excluding carboxylic acids is 1. The maximum absolute atomic E-state index is 13.1. The van der Waals surface area contributed by atoms with Gasteiger partial charge in [-0.15, -0.1) is 0 Å². The van der Waals surface area contributed by atoms with Gasteiger partial charge in [0.1, 0.15) is 0 Å². The average Bonchev–Trinajstić information content (AvgIpc) is 3.31. The monoisotopic (exact) mass is 525 g/mol. The molecular weight excluding hydrogens is 498 g/mol. The molecule has 5 aromatic rings. The molecular formula is C30H27N3O4S. The summed E-state index contributed by atoms with van der Waals surface area (Å²) >= 11 is 0. The first-order valence-electron chi connectivity index (χ1n) is 12.2. The molecule has 2 N–H and O–H groups in total. The number of imidazole rings is 1. The zero-order valence-electron chi connectivity index (χ0n) is 21.0. The zero-order chi connectivity index (χ0) is 26.9. The number of fused-ring (bicyclic) bond motifs is 1. The highest BCUT2D eigenvalue weighted by molar-refractivity contribution is 7.90. The van der Waals surface area contributed by atoms with Gasteiger partial charge >= 0.3 is 0 Å². The second-order valence-corrected chi connectivity index (χ2v) is 11.1. The molecule has 0 spiro atoms. The summed E-state index contributed by atoms with van der Waals surface area (Å²) in [6, 6.07) is 30.1. The lowest BCUT2D eigenvalue weighted by Gasteiger charge is -2.29. The number of nitrogens with one attached hydrogen (secondary N) is 1. The SMILES string of the molecule is CCn1c(C(O)(c2ccccc2)c2ccccc2)nc2cc(C(=O)Nc3cccc(S(C)(=O)=O)c3)ccc21. The Morgan fingerprint density at radius 1 is 0.895 bits per heavy atom. The minimum Gasteiger partial charge on any atom is -0.373 e. The number of sulfone groups is 1. The van der Waals surface area contributed by atoms with Crippen LogP contribution in [-0.4, -0.2) is 35.2 Å². The van der Waals surface area contributed by atoms with Crippen LogP contribution in [0.3, 0.4) is 0 Å². The molecule has 38 heavy (non-hydrogen) atoms. The molecule has 0 aliphatic rings. The highest BCUT2D eigenvalue weighted by Gasteiger charge is 2.38. The van der Waals surface area contributed by atoms with E-state index in [-0.39, 0.29) is 4.90 Å². The van der Waals surface area contributed by atoms with Crippen molar-refractivity contribution in [1.29, 1.82) is 0 Å². The Bertz CT molecular complexity index is 1690. The van der Waals surface area contributed by atoms with Crippen LogP contribution in [0.15, 0.2) is 108 Å². The molecule has 0 saturated heterocycles. The molecule has 5 rings (SSSR count). The van der Waals surface area contributed by atoms with Gasteiger partial charge in [-0.3, -0.25) is 4.79 Å². The van der Waals surface area contributed by atoms with Crippen LogP contribution >= 0.6 is 0 Å². The van der Waals surface area contributed by atoms with Crippen molar-refractivity contribution >= 4 is 32.5 Å². The first-order valence-corrected chi connectivity index (χ1v) is 14.1. The Labute approximate surface area is 221 Å². The van der Waals surface area contributed by atoms with Crippen LogP contribution in [0, 0.1) is 0 Å². The highest BCUT2D eigenvalue weighted by Crippen LogP contribution is 2.37. The summed E-state index contributed by atoms with van der Waals surface area (Å²) in [5.41, 5.74) is 1.91. The van der Waals surface area contributed by atoms with Crippen molar-refractivity contribution in [1.82, 2.24) is 9.55 Å². The summed E-state index contributed by atoms with van der Waals surface area (Å²) in [6.07, 6.45) is 1.12. The van der Waals surface area contributed by atoms with Crippen molar-refractivity contribution in [2.24, 2.45) is 0 Å².